The number of para-hydroxylation sites is 2. The van der Waals surface area contributed by atoms with Crippen LogP contribution in [-0.2, 0) is 15.0 Å². The number of amides is 1. The van der Waals surface area contributed by atoms with Gasteiger partial charge in [0.15, 0.2) is 11.6 Å². The van der Waals surface area contributed by atoms with Gasteiger partial charge in [-0.15, -0.1) is 0 Å². The van der Waals surface area contributed by atoms with Crippen LogP contribution in [0.4, 0.5) is 17.1 Å². The van der Waals surface area contributed by atoms with E-state index in [0.29, 0.717) is 11.3 Å². The maximum absolute atomic E-state index is 14.3. The van der Waals surface area contributed by atoms with E-state index in [1.807, 2.05) is 53.5 Å². The highest BCUT2D eigenvalue weighted by molar-refractivity contribution is 6.16. The fourth-order valence-electron chi connectivity index (χ4n) is 6.22. The molecule has 0 aliphatic carbocycles. The van der Waals surface area contributed by atoms with Crippen molar-refractivity contribution >= 4 is 40.6 Å². The Bertz CT molecular complexity index is 1510. The molecule has 6 rings (SSSR count). The van der Waals surface area contributed by atoms with Gasteiger partial charge in [0.05, 0.1) is 22.9 Å². The molecule has 3 aromatic carbocycles. The van der Waals surface area contributed by atoms with Crippen molar-refractivity contribution in [3.63, 3.8) is 0 Å². The first-order valence-corrected chi connectivity index (χ1v) is 11.6. The lowest BCUT2D eigenvalue weighted by molar-refractivity contribution is -0.384. The molecule has 3 heterocycles. The molecule has 0 saturated carbocycles. The molecule has 3 aliphatic heterocycles. The van der Waals surface area contributed by atoms with Gasteiger partial charge in [-0.2, -0.15) is 0 Å². The molecule has 1 fully saturated rings. The predicted molar refractivity (Wildman–Crippen MR) is 134 cm³/mol. The number of nitrogens with one attached hydrogen (secondary N) is 1. The summed E-state index contributed by atoms with van der Waals surface area (Å²) >= 11 is 0. The first-order chi connectivity index (χ1) is 17.4. The van der Waals surface area contributed by atoms with Crippen LogP contribution in [0.2, 0.25) is 0 Å². The predicted octanol–water partition coefficient (Wildman–Crippen LogP) is 4.16. The van der Waals surface area contributed by atoms with Gasteiger partial charge in [0.2, 0.25) is 5.91 Å². The van der Waals surface area contributed by atoms with Gasteiger partial charge in [-0.1, -0.05) is 60.7 Å². The number of anilines is 2. The van der Waals surface area contributed by atoms with Gasteiger partial charge in [-0.3, -0.25) is 24.5 Å². The highest BCUT2D eigenvalue weighted by atomic mass is 16.6. The highest BCUT2D eigenvalue weighted by Gasteiger charge is 2.69. The number of rotatable bonds is 4. The summed E-state index contributed by atoms with van der Waals surface area (Å²) in [6.07, 6.45) is 3.81. The monoisotopic (exact) mass is 479 g/mol. The maximum atomic E-state index is 14.3. The van der Waals surface area contributed by atoms with E-state index in [9.17, 15) is 24.5 Å². The van der Waals surface area contributed by atoms with Gasteiger partial charge < -0.3 is 10.2 Å². The molecule has 1 amide bonds. The first-order valence-electron chi connectivity index (χ1n) is 11.6. The fraction of sp³-hybridized carbons (Fsp3) is 0.179. The normalized spacial score (nSPS) is 25.2. The Balaban J connectivity index is 1.65. The lowest BCUT2D eigenvalue weighted by Crippen LogP contribution is -2.51. The smallest absolute Gasteiger partial charge is 0.270 e. The van der Waals surface area contributed by atoms with Crippen molar-refractivity contribution in [2.24, 2.45) is 5.92 Å². The maximum Gasteiger partial charge on any atom is 0.270 e. The van der Waals surface area contributed by atoms with Crippen LogP contribution in [0, 0.1) is 16.0 Å². The minimum absolute atomic E-state index is 0.0918. The number of nitrogens with zero attached hydrogens (tertiary/aromatic N) is 2. The van der Waals surface area contributed by atoms with Crippen LogP contribution in [0.25, 0.3) is 6.08 Å². The lowest BCUT2D eigenvalue weighted by atomic mass is 9.64. The van der Waals surface area contributed by atoms with Crippen molar-refractivity contribution in [3.8, 4) is 0 Å². The number of carbonyl (C=O) groups excluding carboxylic acids is 3. The van der Waals surface area contributed by atoms with Crippen LogP contribution < -0.4 is 10.2 Å². The topological polar surface area (TPSA) is 110 Å². The van der Waals surface area contributed by atoms with E-state index < -0.39 is 34.1 Å². The highest BCUT2D eigenvalue weighted by Crippen LogP contribution is 2.57. The number of nitro benzene ring substituents is 1. The molecule has 8 heteroatoms. The molecular formula is C28H21N3O5. The summed E-state index contributed by atoms with van der Waals surface area (Å²) in [7, 11) is 0. The van der Waals surface area contributed by atoms with Crippen molar-refractivity contribution < 1.29 is 19.3 Å². The number of hydrogen-bond acceptors (Lipinski definition) is 6. The summed E-state index contributed by atoms with van der Waals surface area (Å²) in [5, 5.41) is 14.4. The quantitative estimate of drug-likeness (QED) is 0.342. The van der Waals surface area contributed by atoms with Crippen LogP contribution >= 0.6 is 0 Å². The number of ketones is 2. The Kier molecular flexibility index (Phi) is 4.69. The average molecular weight is 479 g/mol. The summed E-state index contributed by atoms with van der Waals surface area (Å²) in [5.41, 5.74) is 1.33. The SMILES string of the molecule is CC(=O)C1C(C(=O)c2cccc([N+](=O)[O-])c2)C2(C(=O)Nc3ccccc32)C2C=Cc3ccccc3N12. The van der Waals surface area contributed by atoms with Crippen LogP contribution in [0.15, 0.2) is 78.9 Å². The zero-order chi connectivity index (χ0) is 25.2. The molecule has 8 nitrogen and oxygen atoms in total. The molecule has 1 saturated heterocycles. The van der Waals surface area contributed by atoms with Crippen molar-refractivity contribution in [2.45, 2.75) is 24.4 Å². The van der Waals surface area contributed by atoms with E-state index in [4.69, 9.17) is 0 Å². The lowest BCUT2D eigenvalue weighted by Gasteiger charge is -2.37. The largest absolute Gasteiger partial charge is 0.352 e. The van der Waals surface area contributed by atoms with Crippen LogP contribution in [0.1, 0.15) is 28.4 Å². The second kappa shape index (κ2) is 7.71. The summed E-state index contributed by atoms with van der Waals surface area (Å²) in [4.78, 5) is 54.4. The van der Waals surface area contributed by atoms with Crippen molar-refractivity contribution in [3.05, 3.63) is 106 Å². The van der Waals surface area contributed by atoms with E-state index in [2.05, 4.69) is 5.32 Å². The van der Waals surface area contributed by atoms with E-state index in [1.54, 1.807) is 12.1 Å². The molecule has 0 aromatic heterocycles. The summed E-state index contributed by atoms with van der Waals surface area (Å²) in [6, 6.07) is 18.7. The van der Waals surface area contributed by atoms with Gasteiger partial charge in [0.25, 0.3) is 5.69 Å². The Labute approximate surface area is 206 Å². The van der Waals surface area contributed by atoms with Crippen molar-refractivity contribution in [1.29, 1.82) is 0 Å². The summed E-state index contributed by atoms with van der Waals surface area (Å²) in [5.74, 6) is -2.22. The number of non-ortho nitro benzene ring substituents is 1. The van der Waals surface area contributed by atoms with Gasteiger partial charge in [-0.05, 0) is 30.2 Å². The van der Waals surface area contributed by atoms with E-state index >= 15 is 0 Å². The Morgan fingerprint density at radius 3 is 2.56 bits per heavy atom. The number of benzene rings is 3. The third kappa shape index (κ3) is 2.78. The molecule has 0 bridgehead atoms. The Morgan fingerprint density at radius 1 is 1.03 bits per heavy atom. The number of nitro groups is 1. The Morgan fingerprint density at radius 2 is 1.78 bits per heavy atom. The molecule has 178 valence electrons. The second-order valence-electron chi connectivity index (χ2n) is 9.34. The molecule has 3 aromatic rings. The standard InChI is InChI=1S/C28H21N3O5/c1-16(32)25-24(26(33)18-8-6-9-19(15-18)31(35)36)28(20-10-3-4-11-21(20)29-27(28)34)23-14-13-17-7-2-5-12-22(17)30(23)25/h2-15,23-25H,1H3,(H,29,34). The zero-order valence-corrected chi connectivity index (χ0v) is 19.3. The molecule has 1 spiro atoms. The first kappa shape index (κ1) is 21.9. The number of Topliss-reactive ketones (excluding diaryl/α,β-unsaturated/α-hetero) is 2. The van der Waals surface area contributed by atoms with Gasteiger partial charge in [0.1, 0.15) is 5.41 Å². The van der Waals surface area contributed by atoms with E-state index in [1.165, 1.54) is 31.2 Å². The molecule has 0 radical (unpaired) electrons. The number of carbonyl (C=O) groups is 3. The minimum Gasteiger partial charge on any atom is -0.352 e. The van der Waals surface area contributed by atoms with Crippen LogP contribution in [0.5, 0.6) is 0 Å². The van der Waals surface area contributed by atoms with Crippen molar-refractivity contribution in [2.75, 3.05) is 10.2 Å². The average Bonchev–Trinajstić information content (AvgIpc) is 3.37. The number of hydrogen-bond donors (Lipinski definition) is 1. The number of fused-ring (bicyclic) bond motifs is 6. The molecule has 36 heavy (non-hydrogen) atoms. The third-order valence-electron chi connectivity index (χ3n) is 7.58. The summed E-state index contributed by atoms with van der Waals surface area (Å²) in [6.45, 7) is 1.42. The van der Waals surface area contributed by atoms with Gasteiger partial charge in [0, 0.05) is 29.1 Å². The third-order valence-corrected chi connectivity index (χ3v) is 7.58. The second-order valence-corrected chi connectivity index (χ2v) is 9.34. The molecule has 4 unspecified atom stereocenters. The fourth-order valence-corrected chi connectivity index (χ4v) is 6.22. The Hall–Kier alpha value is -4.59. The molecule has 1 N–H and O–H groups in total. The molecule has 4 atom stereocenters. The van der Waals surface area contributed by atoms with Gasteiger partial charge in [-0.25, -0.2) is 0 Å². The van der Waals surface area contributed by atoms with Crippen LogP contribution in [0.3, 0.4) is 0 Å². The molecule has 3 aliphatic rings. The molecular weight excluding hydrogens is 458 g/mol. The van der Waals surface area contributed by atoms with E-state index in [0.717, 1.165) is 11.3 Å². The van der Waals surface area contributed by atoms with Crippen LogP contribution in [-0.4, -0.2) is 34.5 Å². The minimum atomic E-state index is -1.40. The van der Waals surface area contributed by atoms with Gasteiger partial charge >= 0.3 is 0 Å². The zero-order valence-electron chi connectivity index (χ0n) is 19.3. The van der Waals surface area contributed by atoms with Crippen molar-refractivity contribution in [1.82, 2.24) is 0 Å². The van der Waals surface area contributed by atoms with E-state index in [-0.39, 0.29) is 22.9 Å². The summed E-state index contributed by atoms with van der Waals surface area (Å²) < 4.78 is 0.